The lowest BCUT2D eigenvalue weighted by Crippen LogP contribution is -2.51. The van der Waals surface area contributed by atoms with Crippen molar-refractivity contribution >= 4 is 5.91 Å². The lowest BCUT2D eigenvalue weighted by atomic mass is 9.95. The zero-order valence-electron chi connectivity index (χ0n) is 11.3. The first-order chi connectivity index (χ1) is 8.80. The number of ether oxygens (including phenoxy) is 1. The van der Waals surface area contributed by atoms with E-state index >= 15 is 0 Å². The van der Waals surface area contributed by atoms with Crippen LogP contribution in [-0.2, 0) is 9.53 Å². The highest BCUT2D eigenvalue weighted by atomic mass is 16.5. The number of amides is 1. The first-order valence-corrected chi connectivity index (χ1v) is 7.68. The summed E-state index contributed by atoms with van der Waals surface area (Å²) in [6.45, 7) is 2.34. The zero-order valence-corrected chi connectivity index (χ0v) is 11.3. The van der Waals surface area contributed by atoms with Gasteiger partial charge in [-0.15, -0.1) is 0 Å². The summed E-state index contributed by atoms with van der Waals surface area (Å²) in [6.07, 6.45) is 11.0. The van der Waals surface area contributed by atoms with Gasteiger partial charge >= 0.3 is 0 Å². The van der Waals surface area contributed by atoms with Gasteiger partial charge in [-0.2, -0.15) is 0 Å². The van der Waals surface area contributed by atoms with E-state index in [1.165, 1.54) is 38.5 Å². The van der Waals surface area contributed by atoms with Gasteiger partial charge in [0.2, 0.25) is 5.91 Å². The second kappa shape index (κ2) is 5.20. The van der Waals surface area contributed by atoms with Crippen molar-refractivity contribution in [1.82, 2.24) is 4.90 Å². The van der Waals surface area contributed by atoms with Crippen LogP contribution in [0.1, 0.15) is 57.8 Å². The van der Waals surface area contributed by atoms with Crippen LogP contribution in [0.25, 0.3) is 0 Å². The van der Waals surface area contributed by atoms with E-state index in [1.807, 2.05) is 0 Å². The SMILES string of the molecule is O=C(CC1CCCCCC1)N1CCOCC12CC2. The van der Waals surface area contributed by atoms with E-state index in [4.69, 9.17) is 4.74 Å². The predicted molar refractivity (Wildman–Crippen MR) is 70.3 cm³/mol. The van der Waals surface area contributed by atoms with E-state index in [1.54, 1.807) is 0 Å². The first kappa shape index (κ1) is 12.5. The molecule has 0 aromatic rings. The molecule has 2 aliphatic carbocycles. The number of morpholine rings is 1. The highest BCUT2D eigenvalue weighted by Gasteiger charge is 2.51. The van der Waals surface area contributed by atoms with Gasteiger partial charge in [0, 0.05) is 13.0 Å². The lowest BCUT2D eigenvalue weighted by molar-refractivity contribution is -0.142. The van der Waals surface area contributed by atoms with Crippen molar-refractivity contribution in [2.24, 2.45) is 5.92 Å². The molecule has 0 bridgehead atoms. The molecule has 1 heterocycles. The van der Waals surface area contributed by atoms with E-state index < -0.39 is 0 Å². The molecule has 3 nitrogen and oxygen atoms in total. The molecule has 102 valence electrons. The lowest BCUT2D eigenvalue weighted by Gasteiger charge is -2.37. The fraction of sp³-hybridized carbons (Fsp3) is 0.933. The molecule has 1 amide bonds. The molecule has 1 spiro atoms. The van der Waals surface area contributed by atoms with Crippen molar-refractivity contribution in [1.29, 1.82) is 0 Å². The topological polar surface area (TPSA) is 29.5 Å². The number of hydrogen-bond donors (Lipinski definition) is 0. The molecule has 3 fully saturated rings. The van der Waals surface area contributed by atoms with Gasteiger partial charge in [-0.25, -0.2) is 0 Å². The average Bonchev–Trinajstić information content (AvgIpc) is 3.16. The molecule has 0 atom stereocenters. The van der Waals surface area contributed by atoms with Crippen LogP contribution in [0.15, 0.2) is 0 Å². The second-order valence-electron chi connectivity index (χ2n) is 6.38. The molecule has 0 radical (unpaired) electrons. The average molecular weight is 251 g/mol. The summed E-state index contributed by atoms with van der Waals surface area (Å²) in [4.78, 5) is 14.7. The quantitative estimate of drug-likeness (QED) is 0.706. The largest absolute Gasteiger partial charge is 0.377 e. The molecule has 1 aliphatic heterocycles. The Balaban J connectivity index is 1.56. The van der Waals surface area contributed by atoms with Gasteiger partial charge in [0.1, 0.15) is 0 Å². The third-order valence-electron chi connectivity index (χ3n) is 4.97. The summed E-state index contributed by atoms with van der Waals surface area (Å²) >= 11 is 0. The van der Waals surface area contributed by atoms with E-state index in [9.17, 15) is 4.79 Å². The molecule has 3 aliphatic rings. The minimum absolute atomic E-state index is 0.125. The maximum Gasteiger partial charge on any atom is 0.223 e. The van der Waals surface area contributed by atoms with Crippen LogP contribution < -0.4 is 0 Å². The Bertz CT molecular complexity index is 304. The van der Waals surface area contributed by atoms with E-state index in [-0.39, 0.29) is 5.54 Å². The van der Waals surface area contributed by atoms with Crippen LogP contribution in [0.4, 0.5) is 0 Å². The maximum atomic E-state index is 12.5. The van der Waals surface area contributed by atoms with Gasteiger partial charge in [-0.3, -0.25) is 4.79 Å². The highest BCUT2D eigenvalue weighted by Crippen LogP contribution is 2.44. The summed E-state index contributed by atoms with van der Waals surface area (Å²) in [6, 6.07) is 0. The molecule has 2 saturated carbocycles. The number of nitrogens with zero attached hydrogens (tertiary/aromatic N) is 1. The summed E-state index contributed by atoms with van der Waals surface area (Å²) in [5.41, 5.74) is 0.125. The fourth-order valence-corrected chi connectivity index (χ4v) is 3.61. The monoisotopic (exact) mass is 251 g/mol. The molecule has 0 N–H and O–H groups in total. The van der Waals surface area contributed by atoms with Crippen molar-refractivity contribution in [3.8, 4) is 0 Å². The maximum absolute atomic E-state index is 12.5. The van der Waals surface area contributed by atoms with Crippen molar-refractivity contribution < 1.29 is 9.53 Å². The minimum Gasteiger partial charge on any atom is -0.377 e. The van der Waals surface area contributed by atoms with Crippen LogP contribution in [0.5, 0.6) is 0 Å². The smallest absolute Gasteiger partial charge is 0.223 e. The van der Waals surface area contributed by atoms with Crippen molar-refractivity contribution in [2.75, 3.05) is 19.8 Å². The molecule has 0 aromatic carbocycles. The molecule has 0 aromatic heterocycles. The van der Waals surface area contributed by atoms with Gasteiger partial charge in [0.15, 0.2) is 0 Å². The number of carbonyl (C=O) groups excluding carboxylic acids is 1. The number of carbonyl (C=O) groups is 1. The summed E-state index contributed by atoms with van der Waals surface area (Å²) in [5, 5.41) is 0. The third kappa shape index (κ3) is 2.56. The van der Waals surface area contributed by atoms with Crippen LogP contribution in [0.2, 0.25) is 0 Å². The van der Waals surface area contributed by atoms with Crippen molar-refractivity contribution in [3.63, 3.8) is 0 Å². The molecular formula is C15H25NO2. The highest BCUT2D eigenvalue weighted by molar-refractivity contribution is 5.78. The Hall–Kier alpha value is -0.570. The van der Waals surface area contributed by atoms with Gasteiger partial charge in [-0.05, 0) is 31.6 Å². The van der Waals surface area contributed by atoms with Crippen LogP contribution in [0.3, 0.4) is 0 Å². The zero-order chi connectivity index (χ0) is 12.4. The molecule has 18 heavy (non-hydrogen) atoms. The first-order valence-electron chi connectivity index (χ1n) is 7.68. The molecule has 3 heteroatoms. The summed E-state index contributed by atoms with van der Waals surface area (Å²) in [5.74, 6) is 1.06. The second-order valence-corrected chi connectivity index (χ2v) is 6.38. The van der Waals surface area contributed by atoms with Crippen LogP contribution in [0, 0.1) is 5.92 Å². The predicted octanol–water partition coefficient (Wildman–Crippen LogP) is 2.74. The van der Waals surface area contributed by atoms with E-state index in [2.05, 4.69) is 4.90 Å². The number of rotatable bonds is 2. The van der Waals surface area contributed by atoms with Crippen LogP contribution >= 0.6 is 0 Å². The summed E-state index contributed by atoms with van der Waals surface area (Å²) in [7, 11) is 0. The van der Waals surface area contributed by atoms with Crippen LogP contribution in [-0.4, -0.2) is 36.1 Å². The van der Waals surface area contributed by atoms with E-state index in [0.717, 1.165) is 39.0 Å². The van der Waals surface area contributed by atoms with Crippen molar-refractivity contribution in [2.45, 2.75) is 63.3 Å². The van der Waals surface area contributed by atoms with Gasteiger partial charge in [0.05, 0.1) is 18.8 Å². The fourth-order valence-electron chi connectivity index (χ4n) is 3.61. The molecular weight excluding hydrogens is 226 g/mol. The Labute approximate surface area is 110 Å². The number of hydrogen-bond acceptors (Lipinski definition) is 2. The van der Waals surface area contributed by atoms with Gasteiger partial charge < -0.3 is 9.64 Å². The standard InChI is InChI=1S/C15H25NO2/c17-14(11-13-5-3-1-2-4-6-13)16-9-10-18-12-15(16)7-8-15/h13H,1-12H2. The normalized spacial score (nSPS) is 28.1. The molecule has 1 saturated heterocycles. The Kier molecular flexibility index (Phi) is 3.60. The minimum atomic E-state index is 0.125. The van der Waals surface area contributed by atoms with Gasteiger partial charge in [0.25, 0.3) is 0 Å². The Morgan fingerprint density at radius 2 is 1.89 bits per heavy atom. The Morgan fingerprint density at radius 1 is 1.17 bits per heavy atom. The molecule has 3 rings (SSSR count). The van der Waals surface area contributed by atoms with Crippen molar-refractivity contribution in [3.05, 3.63) is 0 Å². The summed E-state index contributed by atoms with van der Waals surface area (Å²) < 4.78 is 5.54. The Morgan fingerprint density at radius 3 is 2.56 bits per heavy atom. The third-order valence-corrected chi connectivity index (χ3v) is 4.97. The molecule has 0 unspecified atom stereocenters. The van der Waals surface area contributed by atoms with E-state index in [0.29, 0.717) is 11.8 Å². The van der Waals surface area contributed by atoms with Gasteiger partial charge in [-0.1, -0.05) is 25.7 Å².